The first-order chi connectivity index (χ1) is 47.1. The second kappa shape index (κ2) is 24.6. The second-order valence-corrected chi connectivity index (χ2v) is 32.4. The van der Waals surface area contributed by atoms with Gasteiger partial charge in [-0.25, -0.2) is 0 Å². The largest absolute Gasteiger partial charge is 0.507 e. The standard InChI is InChI=1S/C84H96N4O9/c89-38-25-61-72(91)20-16-50-40-65(76(93)73(41-50)97-56-11-2-3-12-56)75(92)63-43-55-42-54-23-36-86-79(54)88-69(64-45-70-59(24-37-85-70)66(74(64)77(61)94)46-83(96)30-21-52-10-7-14-71(90)58(52)22-31-83)19-17-60-68-18-15-51(47-87-68)39-53-9-1-4-13-57(53)62(63)44-67(55)84(78(60)95)35-33-80(49-84)32-34-82(48-80)29-8-28-81(82)26-5-6-27-81/h1,4,7,9-10,13-14,22-24,31,36-37,40-41,43-45,51,56,60-61,66,68-69,74-75,78,85-90,92-93,95-96H,2-3,5-6,8,11-12,15-16,18,20-21,25-30,32-35,38-39,42,46-49H2/t51-,60+,61-,66-,68+,69+,74-,75-,78-,80+,82-,83-,84-/m0/s1. The molecule has 0 unspecified atom stereocenters. The fourth-order valence-corrected chi connectivity index (χ4v) is 22.4. The maximum Gasteiger partial charge on any atom is 0.163 e. The molecule has 4 aromatic carbocycles. The Morgan fingerprint density at radius 1 is 0.691 bits per heavy atom. The van der Waals surface area contributed by atoms with Gasteiger partial charge in [-0.3, -0.25) is 9.59 Å². The lowest BCUT2D eigenvalue weighted by Crippen LogP contribution is -2.53. The van der Waals surface area contributed by atoms with Crippen molar-refractivity contribution in [2.75, 3.05) is 18.5 Å². The average Bonchev–Trinajstić information content (AvgIpc) is 1.55. The molecule has 10 N–H and O–H groups in total. The van der Waals surface area contributed by atoms with Gasteiger partial charge in [-0.15, -0.1) is 0 Å². The molecule has 0 radical (unpaired) electrons. The Hall–Kier alpha value is -7.18. The summed E-state index contributed by atoms with van der Waals surface area (Å²) >= 11 is 0. The third-order valence-electron chi connectivity index (χ3n) is 27.3. The number of carbonyl (C=O) groups excluding carboxylic acids is 2. The van der Waals surface area contributed by atoms with Crippen LogP contribution in [0.4, 0.5) is 5.82 Å². The molecule has 4 spiro atoms. The molecular weight excluding hydrogens is 1210 g/mol. The molecule has 10 bridgehead atoms. The number of Topliss-reactive ketones (excluding diaryl/α,β-unsaturated/α-hetero) is 2. The highest BCUT2D eigenvalue weighted by Gasteiger charge is 2.65. The molecule has 6 fully saturated rings. The van der Waals surface area contributed by atoms with Crippen molar-refractivity contribution >= 4 is 29.5 Å². The third kappa shape index (κ3) is 10.8. The lowest BCUT2D eigenvalue weighted by Gasteiger charge is -2.45. The lowest BCUT2D eigenvalue weighted by molar-refractivity contribution is -0.135. The topological polar surface area (TPSA) is 220 Å². The van der Waals surface area contributed by atoms with E-state index in [1.807, 2.05) is 48.8 Å². The van der Waals surface area contributed by atoms with Gasteiger partial charge in [0, 0.05) is 72.0 Å². The zero-order chi connectivity index (χ0) is 66.0. The zero-order valence-electron chi connectivity index (χ0n) is 56.1. The first-order valence-corrected chi connectivity index (χ1v) is 37.2. The van der Waals surface area contributed by atoms with E-state index in [4.69, 9.17) is 4.74 Å². The van der Waals surface area contributed by atoms with Gasteiger partial charge in [0.25, 0.3) is 0 Å². The highest BCUT2D eigenvalue weighted by atomic mass is 16.5. The molecule has 97 heavy (non-hydrogen) atoms. The van der Waals surface area contributed by atoms with Crippen LogP contribution >= 0.6 is 0 Å². The van der Waals surface area contributed by atoms with Crippen molar-refractivity contribution in [3.8, 4) is 40.2 Å². The molecule has 6 heterocycles. The molecule has 6 aromatic rings. The van der Waals surface area contributed by atoms with E-state index in [1.165, 1.54) is 63.4 Å². The predicted octanol–water partition coefficient (Wildman–Crippen LogP) is 14.1. The Kier molecular flexibility index (Phi) is 16.1. The summed E-state index contributed by atoms with van der Waals surface area (Å²) in [5, 5.41) is 85.1. The number of hydrogen-bond acceptors (Lipinski definition) is 11. The molecule has 0 amide bonds. The number of phenols is 2. The van der Waals surface area contributed by atoms with E-state index in [1.54, 1.807) is 18.2 Å². The van der Waals surface area contributed by atoms with Crippen LogP contribution in [-0.4, -0.2) is 95.2 Å². The Labute approximate surface area is 570 Å². The third-order valence-corrected chi connectivity index (χ3v) is 27.3. The number of hydrogen-bond donors (Lipinski definition) is 10. The lowest BCUT2D eigenvalue weighted by atomic mass is 9.60. The summed E-state index contributed by atoms with van der Waals surface area (Å²) < 4.78 is 6.80. The first-order valence-electron chi connectivity index (χ1n) is 37.2. The van der Waals surface area contributed by atoms with Crippen LogP contribution in [0.3, 0.4) is 0 Å². The van der Waals surface area contributed by atoms with E-state index in [-0.39, 0.29) is 89.0 Å². The number of ketones is 2. The van der Waals surface area contributed by atoms with Crippen LogP contribution in [-0.2, 0) is 40.7 Å². The summed E-state index contributed by atoms with van der Waals surface area (Å²) in [6.07, 6.45) is 29.4. The summed E-state index contributed by atoms with van der Waals surface area (Å²) in [6, 6.07) is 25.4. The number of H-pyrrole nitrogens is 2. The zero-order valence-corrected chi connectivity index (χ0v) is 56.1. The van der Waals surface area contributed by atoms with Gasteiger partial charge in [0.05, 0.1) is 29.6 Å². The molecule has 13 atom stereocenters. The van der Waals surface area contributed by atoms with Crippen LogP contribution in [0.1, 0.15) is 221 Å². The maximum atomic E-state index is 16.8. The fraction of sp³-hybridized carbons (Fsp3) is 0.524. The van der Waals surface area contributed by atoms with Crippen molar-refractivity contribution in [1.82, 2.24) is 15.3 Å². The fourth-order valence-electron chi connectivity index (χ4n) is 22.4. The van der Waals surface area contributed by atoms with Gasteiger partial charge in [-0.05, 0) is 274 Å². The van der Waals surface area contributed by atoms with Crippen molar-refractivity contribution in [2.45, 2.75) is 221 Å². The second-order valence-electron chi connectivity index (χ2n) is 32.4. The van der Waals surface area contributed by atoms with E-state index < -0.39 is 59.5 Å². The molecule has 506 valence electrons. The number of carbonyl (C=O) groups is 2. The molecule has 13 nitrogen and oxygen atoms in total. The van der Waals surface area contributed by atoms with Gasteiger partial charge >= 0.3 is 0 Å². The van der Waals surface area contributed by atoms with Gasteiger partial charge in [0.15, 0.2) is 17.3 Å². The highest BCUT2D eigenvalue weighted by Crippen LogP contribution is 2.75. The summed E-state index contributed by atoms with van der Waals surface area (Å²) in [6.45, 7) is 0.277. The van der Waals surface area contributed by atoms with Gasteiger partial charge < -0.3 is 56.0 Å². The molecule has 18 rings (SSSR count). The number of fused-ring (bicyclic) bond motifs is 11. The van der Waals surface area contributed by atoms with Crippen LogP contribution in [0.15, 0.2) is 103 Å². The minimum absolute atomic E-state index is 0.0222. The number of aliphatic hydroxyl groups is 4. The summed E-state index contributed by atoms with van der Waals surface area (Å²) in [4.78, 5) is 39.5. The Morgan fingerprint density at radius 2 is 1.51 bits per heavy atom. The summed E-state index contributed by atoms with van der Waals surface area (Å²) in [5.41, 5.74) is 9.75. The van der Waals surface area contributed by atoms with Crippen molar-refractivity contribution in [1.29, 1.82) is 0 Å². The summed E-state index contributed by atoms with van der Waals surface area (Å²) in [7, 11) is 0. The van der Waals surface area contributed by atoms with E-state index >= 15 is 9.59 Å². The highest BCUT2D eigenvalue weighted by molar-refractivity contribution is 6.05. The smallest absolute Gasteiger partial charge is 0.163 e. The van der Waals surface area contributed by atoms with Gasteiger partial charge in [0.1, 0.15) is 29.5 Å². The maximum absolute atomic E-state index is 16.8. The Balaban J connectivity index is 0.915. The number of aromatic nitrogens is 2. The number of benzene rings is 4. The molecule has 2 aromatic heterocycles. The Morgan fingerprint density at radius 3 is 2.35 bits per heavy atom. The number of piperidine rings is 1. The number of aromatic hydroxyl groups is 2. The van der Waals surface area contributed by atoms with Crippen molar-refractivity contribution in [3.05, 3.63) is 164 Å². The number of rotatable bonds is 6. The van der Waals surface area contributed by atoms with Crippen LogP contribution in [0, 0.1) is 51.8 Å². The number of anilines is 1. The molecule has 4 aliphatic heterocycles. The number of aliphatic hydroxyl groups excluding tert-OH is 3. The molecule has 12 aliphatic rings. The van der Waals surface area contributed by atoms with E-state index in [2.05, 4.69) is 74.9 Å². The monoisotopic (exact) mass is 1300 g/mol. The van der Waals surface area contributed by atoms with Crippen LogP contribution in [0.5, 0.6) is 17.2 Å². The summed E-state index contributed by atoms with van der Waals surface area (Å²) in [5.74, 6) is 4.67. The van der Waals surface area contributed by atoms with Gasteiger partial charge in [0.2, 0.25) is 0 Å². The quantitative estimate of drug-likeness (QED) is 0.0558. The molecule has 13 heteroatoms. The SMILES string of the molecule is O=C1CCc2cc(OC3CCCC3)c(O)c(c2)[C@@H](O)c2cc3c4cc2-c2ccccc2C[C@@H]2CC[C@@H](NC2)[C@@H](C#C[C@@H](Nc2[nH]ccc2C3)C2=Cc3[nH]ccc3[C@H](C[C@@]3(O)C=Cc5c(O)cccc5CC3)[C@H]2C(=O)[C@H]1CCO)[C@H](O)[C@]41CC[C@@]2(CC[C@@]3(CCCC34CCCC4)C2)C1. The number of nitrogens with one attached hydrogen (secondary N) is 4. The van der Waals surface area contributed by atoms with Gasteiger partial charge in [-0.1, -0.05) is 85.7 Å². The first kappa shape index (κ1) is 63.3. The van der Waals surface area contributed by atoms with Crippen molar-refractivity contribution in [3.63, 3.8) is 0 Å². The van der Waals surface area contributed by atoms with E-state index in [0.717, 1.165) is 115 Å². The Bertz CT molecular complexity index is 4200. The molecule has 8 aliphatic carbocycles. The van der Waals surface area contributed by atoms with Crippen molar-refractivity contribution < 1.29 is 45.0 Å². The molecule has 5 saturated carbocycles. The molecular formula is C84H96N4O9. The van der Waals surface area contributed by atoms with Crippen LogP contribution in [0.25, 0.3) is 23.3 Å². The number of ether oxygens (including phenoxy) is 1. The number of aryl methyl sites for hydroxylation is 2. The minimum atomic E-state index is -1.48. The van der Waals surface area contributed by atoms with E-state index in [0.29, 0.717) is 59.3 Å². The van der Waals surface area contributed by atoms with Crippen LogP contribution in [0.2, 0.25) is 0 Å². The average molecular weight is 1310 g/mol. The predicted molar refractivity (Wildman–Crippen MR) is 376 cm³/mol. The number of phenolic OH excluding ortho intramolecular Hbond substituents is 2. The van der Waals surface area contributed by atoms with E-state index in [9.17, 15) is 30.6 Å². The van der Waals surface area contributed by atoms with Crippen molar-refractivity contribution in [2.24, 2.45) is 39.9 Å². The van der Waals surface area contributed by atoms with Crippen LogP contribution < -0.4 is 15.4 Å². The molecule has 1 saturated heterocycles. The van der Waals surface area contributed by atoms with Gasteiger partial charge in [-0.2, -0.15) is 0 Å². The number of aromatic amines is 2. The minimum Gasteiger partial charge on any atom is -0.507 e. The normalized spacial score (nSPS) is 33.3.